The zero-order valence-corrected chi connectivity index (χ0v) is 14.6. The smallest absolute Gasteiger partial charge is 0.295 e. The first-order valence-electron chi connectivity index (χ1n) is 7.85. The van der Waals surface area contributed by atoms with Gasteiger partial charge in [0, 0.05) is 17.0 Å². The molecule has 2 aromatic heterocycles. The standard InChI is InChI=1S/C18H13N5O3S/c19-17-15(9-16(27(24,25)26)13-5-3-7-20-18(13)17)23-22-12-8-11-4-1-2-6-14(11)21-10-12/h1-10H,19H2,(H,24,25,26)/b23-22+. The number of aromatic nitrogens is 2. The van der Waals surface area contributed by atoms with Crippen LogP contribution in [0.4, 0.5) is 17.1 Å². The van der Waals surface area contributed by atoms with Gasteiger partial charge in [0.2, 0.25) is 0 Å². The van der Waals surface area contributed by atoms with Gasteiger partial charge < -0.3 is 5.73 Å². The second kappa shape index (κ2) is 6.38. The molecular weight excluding hydrogens is 366 g/mol. The number of hydrogen-bond acceptors (Lipinski definition) is 7. The maximum atomic E-state index is 11.7. The molecule has 0 saturated carbocycles. The molecular formula is C18H13N5O3S. The molecule has 4 rings (SSSR count). The van der Waals surface area contributed by atoms with Crippen molar-refractivity contribution in [3.05, 3.63) is 60.9 Å². The molecule has 0 aliphatic carbocycles. The number of pyridine rings is 2. The van der Waals surface area contributed by atoms with Gasteiger partial charge in [-0.25, -0.2) is 0 Å². The molecule has 0 spiro atoms. The van der Waals surface area contributed by atoms with E-state index in [0.29, 0.717) is 5.69 Å². The summed E-state index contributed by atoms with van der Waals surface area (Å²) < 4.78 is 33.0. The van der Waals surface area contributed by atoms with Crippen LogP contribution < -0.4 is 5.73 Å². The molecule has 0 saturated heterocycles. The lowest BCUT2D eigenvalue weighted by molar-refractivity contribution is 0.484. The largest absolute Gasteiger partial charge is 0.395 e. The van der Waals surface area contributed by atoms with Gasteiger partial charge in [-0.1, -0.05) is 18.2 Å². The number of azo groups is 1. The molecule has 2 heterocycles. The van der Waals surface area contributed by atoms with E-state index in [1.165, 1.54) is 18.3 Å². The molecule has 0 aliphatic rings. The Morgan fingerprint density at radius 3 is 2.63 bits per heavy atom. The summed E-state index contributed by atoms with van der Waals surface area (Å²) in [6, 6.07) is 13.6. The van der Waals surface area contributed by atoms with E-state index >= 15 is 0 Å². The van der Waals surface area contributed by atoms with Gasteiger partial charge in [0.1, 0.15) is 16.3 Å². The Labute approximate surface area is 154 Å². The summed E-state index contributed by atoms with van der Waals surface area (Å²) in [5.74, 6) is 0. The Kier molecular flexibility index (Phi) is 4.02. The number of anilines is 1. The SMILES string of the molecule is Nc1c(/N=N/c2cnc3ccccc3c2)cc(S(=O)(=O)O)c2cccnc12. The fraction of sp³-hybridized carbons (Fsp3) is 0. The van der Waals surface area contributed by atoms with Crippen molar-refractivity contribution in [3.63, 3.8) is 0 Å². The summed E-state index contributed by atoms with van der Waals surface area (Å²) in [7, 11) is -4.49. The second-order valence-electron chi connectivity index (χ2n) is 5.77. The summed E-state index contributed by atoms with van der Waals surface area (Å²) in [5, 5.41) is 9.25. The second-order valence-corrected chi connectivity index (χ2v) is 7.16. The average Bonchev–Trinajstić information content (AvgIpc) is 2.66. The Hall–Kier alpha value is -3.43. The number of nitrogens with zero attached hydrogens (tertiary/aromatic N) is 4. The van der Waals surface area contributed by atoms with Crippen molar-refractivity contribution >= 4 is 49.0 Å². The van der Waals surface area contributed by atoms with E-state index in [2.05, 4.69) is 20.2 Å². The van der Waals surface area contributed by atoms with Crippen LogP contribution in [0.1, 0.15) is 0 Å². The number of nitrogens with two attached hydrogens (primary N) is 1. The van der Waals surface area contributed by atoms with Gasteiger partial charge in [-0.2, -0.15) is 8.42 Å². The maximum Gasteiger partial charge on any atom is 0.295 e. The summed E-state index contributed by atoms with van der Waals surface area (Å²) in [4.78, 5) is 8.06. The molecule has 0 radical (unpaired) electrons. The lowest BCUT2D eigenvalue weighted by Crippen LogP contribution is -2.01. The van der Waals surface area contributed by atoms with Gasteiger partial charge in [0.05, 0.1) is 22.9 Å². The molecule has 2 aromatic carbocycles. The van der Waals surface area contributed by atoms with Crippen LogP contribution in [0.5, 0.6) is 0 Å². The molecule has 27 heavy (non-hydrogen) atoms. The third-order valence-electron chi connectivity index (χ3n) is 4.00. The van der Waals surface area contributed by atoms with Gasteiger partial charge in [-0.05, 0) is 30.3 Å². The van der Waals surface area contributed by atoms with Crippen molar-refractivity contribution in [2.24, 2.45) is 10.2 Å². The van der Waals surface area contributed by atoms with Crippen molar-refractivity contribution in [3.8, 4) is 0 Å². The highest BCUT2D eigenvalue weighted by molar-refractivity contribution is 7.86. The fourth-order valence-electron chi connectivity index (χ4n) is 2.74. The number of rotatable bonds is 3. The van der Waals surface area contributed by atoms with Crippen LogP contribution in [0.3, 0.4) is 0 Å². The quantitative estimate of drug-likeness (QED) is 0.314. The van der Waals surface area contributed by atoms with E-state index < -0.39 is 10.1 Å². The van der Waals surface area contributed by atoms with Crippen LogP contribution >= 0.6 is 0 Å². The van der Waals surface area contributed by atoms with Crippen LogP contribution in [0.25, 0.3) is 21.8 Å². The third kappa shape index (κ3) is 3.21. The van der Waals surface area contributed by atoms with E-state index in [1.807, 2.05) is 24.3 Å². The van der Waals surface area contributed by atoms with E-state index in [0.717, 1.165) is 10.9 Å². The Bertz CT molecular complexity index is 1320. The van der Waals surface area contributed by atoms with Crippen molar-refractivity contribution < 1.29 is 13.0 Å². The van der Waals surface area contributed by atoms with E-state index in [-0.39, 0.29) is 27.2 Å². The fourth-order valence-corrected chi connectivity index (χ4v) is 3.44. The predicted octanol–water partition coefficient (Wildman–Crippen LogP) is 4.03. The summed E-state index contributed by atoms with van der Waals surface area (Å²) in [6.45, 7) is 0. The highest BCUT2D eigenvalue weighted by atomic mass is 32.2. The van der Waals surface area contributed by atoms with Gasteiger partial charge in [0.25, 0.3) is 10.1 Å². The third-order valence-corrected chi connectivity index (χ3v) is 4.89. The van der Waals surface area contributed by atoms with Gasteiger partial charge in [-0.15, -0.1) is 10.2 Å². The molecule has 0 fully saturated rings. The first kappa shape index (κ1) is 17.0. The minimum absolute atomic E-state index is 0.0852. The van der Waals surface area contributed by atoms with Crippen LogP contribution in [-0.2, 0) is 10.1 Å². The summed E-state index contributed by atoms with van der Waals surface area (Å²) in [5.41, 5.74) is 7.84. The van der Waals surface area contributed by atoms with Crippen LogP contribution in [0.15, 0.2) is 76.0 Å². The van der Waals surface area contributed by atoms with Crippen molar-refractivity contribution in [2.75, 3.05) is 5.73 Å². The van der Waals surface area contributed by atoms with E-state index in [9.17, 15) is 13.0 Å². The molecule has 9 heteroatoms. The monoisotopic (exact) mass is 379 g/mol. The maximum absolute atomic E-state index is 11.7. The Morgan fingerprint density at radius 2 is 1.81 bits per heavy atom. The topological polar surface area (TPSA) is 131 Å². The van der Waals surface area contributed by atoms with Gasteiger partial charge in [-0.3, -0.25) is 14.5 Å². The molecule has 4 aromatic rings. The van der Waals surface area contributed by atoms with Gasteiger partial charge >= 0.3 is 0 Å². The van der Waals surface area contributed by atoms with Gasteiger partial charge in [0.15, 0.2) is 0 Å². The minimum atomic E-state index is -4.49. The van der Waals surface area contributed by atoms with Crippen molar-refractivity contribution in [1.29, 1.82) is 0 Å². The minimum Gasteiger partial charge on any atom is -0.395 e. The molecule has 134 valence electrons. The summed E-state index contributed by atoms with van der Waals surface area (Å²) in [6.07, 6.45) is 3.02. The molecule has 0 unspecified atom stereocenters. The zero-order valence-electron chi connectivity index (χ0n) is 13.8. The number of para-hydroxylation sites is 1. The lowest BCUT2D eigenvalue weighted by atomic mass is 10.1. The van der Waals surface area contributed by atoms with E-state index in [1.54, 1.807) is 18.3 Å². The van der Waals surface area contributed by atoms with Crippen LogP contribution in [0.2, 0.25) is 0 Å². The Morgan fingerprint density at radius 1 is 1.00 bits per heavy atom. The van der Waals surface area contributed by atoms with E-state index in [4.69, 9.17) is 5.73 Å². The normalized spacial score (nSPS) is 12.2. The number of nitrogen functional groups attached to an aromatic ring is 1. The van der Waals surface area contributed by atoms with Crippen LogP contribution in [-0.4, -0.2) is 22.9 Å². The van der Waals surface area contributed by atoms with Crippen LogP contribution in [0, 0.1) is 0 Å². The number of hydrogen-bond donors (Lipinski definition) is 2. The highest BCUT2D eigenvalue weighted by Crippen LogP contribution is 2.35. The summed E-state index contributed by atoms with van der Waals surface area (Å²) >= 11 is 0. The first-order valence-corrected chi connectivity index (χ1v) is 9.29. The highest BCUT2D eigenvalue weighted by Gasteiger charge is 2.19. The molecule has 0 atom stereocenters. The predicted molar refractivity (Wildman–Crippen MR) is 102 cm³/mol. The Balaban J connectivity index is 1.85. The lowest BCUT2D eigenvalue weighted by Gasteiger charge is -2.08. The molecule has 0 amide bonds. The zero-order chi connectivity index (χ0) is 19.0. The molecule has 3 N–H and O–H groups in total. The average molecular weight is 379 g/mol. The van der Waals surface area contributed by atoms with Crippen molar-refractivity contribution in [1.82, 2.24) is 9.97 Å². The molecule has 0 aliphatic heterocycles. The molecule has 8 nitrogen and oxygen atoms in total. The number of fused-ring (bicyclic) bond motifs is 2. The molecule has 0 bridgehead atoms. The van der Waals surface area contributed by atoms with Crippen molar-refractivity contribution in [2.45, 2.75) is 4.90 Å². The first-order chi connectivity index (χ1) is 12.9. The number of benzene rings is 2.